The largest absolute Gasteiger partial charge is 0.497 e. The first kappa shape index (κ1) is 21.6. The quantitative estimate of drug-likeness (QED) is 0.439. The normalized spacial score (nSPS) is 11.5. The van der Waals surface area contributed by atoms with Crippen molar-refractivity contribution in [1.29, 1.82) is 10.8 Å². The Morgan fingerprint density at radius 3 is 2.25 bits per heavy atom. The Morgan fingerprint density at radius 1 is 1.07 bits per heavy atom. The molecule has 0 fully saturated rings. The Kier molecular flexibility index (Phi) is 8.17. The number of benzene rings is 2. The molecule has 3 N–H and O–H groups in total. The van der Waals surface area contributed by atoms with Gasteiger partial charge in [0.15, 0.2) is 5.90 Å². The number of aliphatic hydroxyl groups excluding tert-OH is 1. The molecule has 0 saturated heterocycles. The minimum Gasteiger partial charge on any atom is -0.497 e. The summed E-state index contributed by atoms with van der Waals surface area (Å²) in [5.41, 5.74) is 1.75. The summed E-state index contributed by atoms with van der Waals surface area (Å²) in [5.74, 6) is -0.508. The second-order valence-electron chi connectivity index (χ2n) is 6.34. The average molecular weight is 403 g/mol. The summed E-state index contributed by atoms with van der Waals surface area (Å²) in [6, 6.07) is 14.4. The Morgan fingerprint density at radius 2 is 1.68 bits per heavy atom. The van der Waals surface area contributed by atoms with Gasteiger partial charge in [-0.2, -0.15) is 0 Å². The Bertz CT molecular complexity index is 819. The van der Waals surface area contributed by atoms with Gasteiger partial charge >= 0.3 is 0 Å². The number of carbonyl (C=O) groups excluding carboxylic acids is 1. The molecule has 2 aromatic carbocycles. The van der Waals surface area contributed by atoms with E-state index in [1.54, 1.807) is 31.4 Å². The molecule has 0 amide bonds. The standard InChI is InChI=1S/C21H23ClN2O4/c1-27-19-8-4-14(5-9-19)10-16(21(24)28-20(23)13-25)12-18(26)11-15-2-6-17(22)7-3-15/h2-9,16,23-25H,10-13H2,1H3. The fraction of sp³-hybridized carbons (Fsp3) is 0.286. The zero-order valence-corrected chi connectivity index (χ0v) is 16.3. The lowest BCUT2D eigenvalue weighted by Crippen LogP contribution is -2.26. The van der Waals surface area contributed by atoms with Crippen LogP contribution in [0.3, 0.4) is 0 Å². The molecule has 0 spiro atoms. The van der Waals surface area contributed by atoms with Crippen LogP contribution in [-0.4, -0.2) is 36.4 Å². The van der Waals surface area contributed by atoms with Crippen molar-refractivity contribution in [3.63, 3.8) is 0 Å². The third-order valence-corrected chi connectivity index (χ3v) is 4.43. The van der Waals surface area contributed by atoms with Crippen LogP contribution < -0.4 is 4.74 Å². The van der Waals surface area contributed by atoms with Crippen LogP contribution in [0.1, 0.15) is 17.5 Å². The number of hydrogen-bond donors (Lipinski definition) is 3. The Balaban J connectivity index is 2.09. The highest BCUT2D eigenvalue weighted by atomic mass is 35.5. The number of aliphatic hydroxyl groups is 1. The van der Waals surface area contributed by atoms with Crippen LogP contribution in [0, 0.1) is 16.7 Å². The number of hydrogen-bond acceptors (Lipinski definition) is 6. The van der Waals surface area contributed by atoms with Crippen LogP contribution >= 0.6 is 11.6 Å². The van der Waals surface area contributed by atoms with Gasteiger partial charge in [0.2, 0.25) is 5.90 Å². The van der Waals surface area contributed by atoms with Crippen molar-refractivity contribution < 1.29 is 19.4 Å². The third kappa shape index (κ3) is 6.79. The molecule has 28 heavy (non-hydrogen) atoms. The van der Waals surface area contributed by atoms with E-state index in [2.05, 4.69) is 0 Å². The molecule has 0 aromatic heterocycles. The molecular formula is C21H23ClN2O4. The van der Waals surface area contributed by atoms with E-state index in [0.29, 0.717) is 17.2 Å². The number of ketones is 1. The highest BCUT2D eigenvalue weighted by Crippen LogP contribution is 2.20. The zero-order chi connectivity index (χ0) is 20.5. The molecule has 0 aliphatic heterocycles. The molecule has 0 heterocycles. The SMILES string of the molecule is COc1ccc(CC(CC(=O)Cc2ccc(Cl)cc2)C(=N)OC(=N)CO)cc1. The summed E-state index contributed by atoms with van der Waals surface area (Å²) < 4.78 is 10.2. The summed E-state index contributed by atoms with van der Waals surface area (Å²) >= 11 is 5.87. The van der Waals surface area contributed by atoms with E-state index < -0.39 is 18.4 Å². The van der Waals surface area contributed by atoms with E-state index in [1.165, 1.54) is 0 Å². The van der Waals surface area contributed by atoms with Crippen molar-refractivity contribution in [1.82, 2.24) is 0 Å². The smallest absolute Gasteiger partial charge is 0.214 e. The predicted molar refractivity (Wildman–Crippen MR) is 109 cm³/mol. The predicted octanol–water partition coefficient (Wildman–Crippen LogP) is 3.67. The number of carbonyl (C=O) groups is 1. The topological polar surface area (TPSA) is 103 Å². The molecule has 2 aromatic rings. The Hall–Kier alpha value is -2.70. The number of ether oxygens (including phenoxy) is 2. The van der Waals surface area contributed by atoms with Crippen molar-refractivity contribution in [2.24, 2.45) is 5.92 Å². The molecule has 0 radical (unpaired) electrons. The monoisotopic (exact) mass is 402 g/mol. The summed E-state index contributed by atoms with van der Waals surface area (Å²) in [6.07, 6.45) is 0.709. The summed E-state index contributed by atoms with van der Waals surface area (Å²) in [5, 5.41) is 25.2. The molecule has 1 unspecified atom stereocenters. The van der Waals surface area contributed by atoms with E-state index in [-0.39, 0.29) is 24.5 Å². The first-order valence-electron chi connectivity index (χ1n) is 8.75. The van der Waals surface area contributed by atoms with Gasteiger partial charge < -0.3 is 14.6 Å². The van der Waals surface area contributed by atoms with Crippen molar-refractivity contribution in [2.75, 3.05) is 13.7 Å². The lowest BCUT2D eigenvalue weighted by atomic mass is 9.92. The van der Waals surface area contributed by atoms with Gasteiger partial charge in [0, 0.05) is 23.8 Å². The molecule has 0 aliphatic rings. The van der Waals surface area contributed by atoms with Crippen molar-refractivity contribution in [3.8, 4) is 5.75 Å². The highest BCUT2D eigenvalue weighted by molar-refractivity contribution is 6.30. The number of halogens is 1. The van der Waals surface area contributed by atoms with Gasteiger partial charge in [0.1, 0.15) is 18.1 Å². The molecule has 2 rings (SSSR count). The van der Waals surface area contributed by atoms with E-state index >= 15 is 0 Å². The van der Waals surface area contributed by atoms with E-state index in [0.717, 1.165) is 11.1 Å². The Labute approximate surface area is 169 Å². The van der Waals surface area contributed by atoms with Crippen LogP contribution in [0.2, 0.25) is 5.02 Å². The number of methoxy groups -OCH3 is 1. The first-order valence-corrected chi connectivity index (χ1v) is 9.12. The van der Waals surface area contributed by atoms with Gasteiger partial charge in [-0.1, -0.05) is 35.9 Å². The minimum atomic E-state index is -0.601. The lowest BCUT2D eigenvalue weighted by molar-refractivity contribution is -0.119. The maximum atomic E-state index is 12.5. The van der Waals surface area contributed by atoms with Crippen LogP contribution in [-0.2, 0) is 22.4 Å². The maximum Gasteiger partial charge on any atom is 0.214 e. The molecule has 6 nitrogen and oxygen atoms in total. The van der Waals surface area contributed by atoms with Crippen LogP contribution in [0.5, 0.6) is 5.75 Å². The number of nitrogens with one attached hydrogen (secondary N) is 2. The second-order valence-corrected chi connectivity index (χ2v) is 6.78. The first-order chi connectivity index (χ1) is 13.4. The van der Waals surface area contributed by atoms with E-state index in [1.807, 2.05) is 24.3 Å². The number of Topliss-reactive ketones (excluding diaryl/α,β-unsaturated/α-hetero) is 1. The minimum absolute atomic E-state index is 0.0512. The summed E-state index contributed by atoms with van der Waals surface area (Å²) in [6.45, 7) is -0.601. The van der Waals surface area contributed by atoms with Gasteiger partial charge in [-0.25, -0.2) is 0 Å². The third-order valence-electron chi connectivity index (χ3n) is 4.18. The van der Waals surface area contributed by atoms with Crippen LogP contribution in [0.4, 0.5) is 0 Å². The molecule has 0 bridgehead atoms. The summed E-state index contributed by atoms with van der Waals surface area (Å²) in [4.78, 5) is 12.5. The van der Waals surface area contributed by atoms with Gasteiger partial charge in [0.25, 0.3) is 0 Å². The molecule has 0 aliphatic carbocycles. The molecule has 7 heteroatoms. The highest BCUT2D eigenvalue weighted by Gasteiger charge is 2.22. The van der Waals surface area contributed by atoms with Gasteiger partial charge in [-0.3, -0.25) is 15.6 Å². The fourth-order valence-electron chi connectivity index (χ4n) is 2.73. The zero-order valence-electron chi connectivity index (χ0n) is 15.6. The van der Waals surface area contributed by atoms with Crippen LogP contribution in [0.25, 0.3) is 0 Å². The fourth-order valence-corrected chi connectivity index (χ4v) is 2.85. The van der Waals surface area contributed by atoms with E-state index in [4.69, 9.17) is 37.0 Å². The van der Waals surface area contributed by atoms with E-state index in [9.17, 15) is 4.79 Å². The molecular weight excluding hydrogens is 380 g/mol. The van der Waals surface area contributed by atoms with Gasteiger partial charge in [0.05, 0.1) is 7.11 Å². The second kappa shape index (κ2) is 10.6. The molecule has 1 atom stereocenters. The van der Waals surface area contributed by atoms with Crippen molar-refractivity contribution in [2.45, 2.75) is 19.3 Å². The maximum absolute atomic E-state index is 12.5. The average Bonchev–Trinajstić information content (AvgIpc) is 2.69. The summed E-state index contributed by atoms with van der Waals surface area (Å²) in [7, 11) is 1.58. The van der Waals surface area contributed by atoms with Crippen LogP contribution in [0.15, 0.2) is 48.5 Å². The van der Waals surface area contributed by atoms with Crippen molar-refractivity contribution in [3.05, 3.63) is 64.7 Å². The lowest BCUT2D eigenvalue weighted by Gasteiger charge is -2.18. The molecule has 148 valence electrons. The number of rotatable bonds is 9. The van der Waals surface area contributed by atoms with Gasteiger partial charge in [-0.05, 0) is 41.8 Å². The van der Waals surface area contributed by atoms with Crippen molar-refractivity contribution >= 4 is 29.2 Å². The molecule has 0 saturated carbocycles. The van der Waals surface area contributed by atoms with Gasteiger partial charge in [-0.15, -0.1) is 0 Å².